The van der Waals surface area contributed by atoms with Crippen molar-refractivity contribution >= 4 is 17.4 Å². The van der Waals surface area contributed by atoms with E-state index in [1.165, 1.54) is 0 Å². The van der Waals surface area contributed by atoms with Crippen molar-refractivity contribution < 1.29 is 4.79 Å². The summed E-state index contributed by atoms with van der Waals surface area (Å²) in [5.41, 5.74) is 12.4. The van der Waals surface area contributed by atoms with Crippen LogP contribution in [0.1, 0.15) is 26.0 Å². The van der Waals surface area contributed by atoms with Gasteiger partial charge in [0.05, 0.1) is 11.4 Å². The van der Waals surface area contributed by atoms with Crippen LogP contribution in [0.2, 0.25) is 0 Å². The number of carbonyl (C=O) groups is 1. The number of nitrogens with zero attached hydrogens (tertiary/aromatic N) is 2. The van der Waals surface area contributed by atoms with Gasteiger partial charge in [0.1, 0.15) is 5.82 Å². The first-order valence-corrected chi connectivity index (χ1v) is 5.33. The first-order valence-electron chi connectivity index (χ1n) is 5.33. The molecule has 0 fully saturated rings. The molecule has 16 heavy (non-hydrogen) atoms. The van der Waals surface area contributed by atoms with Gasteiger partial charge in [-0.1, -0.05) is 0 Å². The quantitative estimate of drug-likeness (QED) is 0.678. The largest absolute Gasteiger partial charge is 0.394 e. The Hall–Kier alpha value is -1.72. The highest BCUT2D eigenvalue weighted by Crippen LogP contribution is 2.23. The Morgan fingerprint density at radius 1 is 1.62 bits per heavy atom. The van der Waals surface area contributed by atoms with E-state index in [0.29, 0.717) is 5.69 Å². The van der Waals surface area contributed by atoms with Gasteiger partial charge in [-0.15, -0.1) is 0 Å². The van der Waals surface area contributed by atoms with E-state index in [9.17, 15) is 4.79 Å². The Balaban J connectivity index is 2.83. The summed E-state index contributed by atoms with van der Waals surface area (Å²) in [6, 6.07) is -0.0544. The maximum absolute atomic E-state index is 10.8. The topological polar surface area (TPSA) is 99.0 Å². The summed E-state index contributed by atoms with van der Waals surface area (Å²) in [7, 11) is 0. The third kappa shape index (κ3) is 2.65. The van der Waals surface area contributed by atoms with Gasteiger partial charge in [-0.2, -0.15) is 5.10 Å². The van der Waals surface area contributed by atoms with E-state index in [2.05, 4.69) is 10.4 Å². The van der Waals surface area contributed by atoms with Gasteiger partial charge in [0.15, 0.2) is 0 Å². The molecule has 1 amide bonds. The van der Waals surface area contributed by atoms with Crippen LogP contribution in [-0.2, 0) is 11.3 Å². The maximum Gasteiger partial charge on any atom is 0.219 e. The zero-order valence-corrected chi connectivity index (χ0v) is 9.95. The second kappa shape index (κ2) is 4.87. The zero-order valence-electron chi connectivity index (χ0n) is 9.95. The number of carbonyl (C=O) groups excluding carboxylic acids is 1. The zero-order chi connectivity index (χ0) is 12.3. The molecule has 0 saturated heterocycles. The number of hydrogen-bond donors (Lipinski definition) is 3. The molecular formula is C10H19N5O. The van der Waals surface area contributed by atoms with Crippen LogP contribution < -0.4 is 16.8 Å². The molecule has 1 rings (SSSR count). The summed E-state index contributed by atoms with van der Waals surface area (Å²) in [5.74, 6) is 0.423. The lowest BCUT2D eigenvalue weighted by Crippen LogP contribution is -2.25. The van der Waals surface area contributed by atoms with Crippen molar-refractivity contribution in [2.75, 3.05) is 11.1 Å². The summed E-state index contributed by atoms with van der Waals surface area (Å²) in [5, 5.41) is 7.43. The second-order valence-corrected chi connectivity index (χ2v) is 3.88. The lowest BCUT2D eigenvalue weighted by molar-refractivity contribution is -0.118. The monoisotopic (exact) mass is 225 g/mol. The molecule has 1 aromatic heterocycles. The van der Waals surface area contributed by atoms with Gasteiger partial charge in [-0.05, 0) is 20.8 Å². The molecule has 1 unspecified atom stereocenters. The van der Waals surface area contributed by atoms with Crippen molar-refractivity contribution in [3.8, 4) is 0 Å². The Labute approximate surface area is 95.0 Å². The van der Waals surface area contributed by atoms with Crippen molar-refractivity contribution in [3.63, 3.8) is 0 Å². The molecule has 1 heterocycles. The highest BCUT2D eigenvalue weighted by atomic mass is 16.1. The van der Waals surface area contributed by atoms with Crippen LogP contribution >= 0.6 is 0 Å². The van der Waals surface area contributed by atoms with E-state index < -0.39 is 0 Å². The minimum Gasteiger partial charge on any atom is -0.394 e. The SMILES string of the molecule is CCn1nc(C)c(N)c1NC(C)CC(N)=O. The normalized spacial score (nSPS) is 12.4. The van der Waals surface area contributed by atoms with E-state index in [4.69, 9.17) is 11.5 Å². The number of hydrogen-bond acceptors (Lipinski definition) is 4. The van der Waals surface area contributed by atoms with Crippen LogP contribution in [0, 0.1) is 6.92 Å². The molecule has 0 radical (unpaired) electrons. The van der Waals surface area contributed by atoms with Gasteiger partial charge < -0.3 is 16.8 Å². The molecule has 6 nitrogen and oxygen atoms in total. The summed E-state index contributed by atoms with van der Waals surface area (Å²) in [6.07, 6.45) is 0.271. The van der Waals surface area contributed by atoms with E-state index >= 15 is 0 Å². The molecule has 0 bridgehead atoms. The first-order chi connectivity index (χ1) is 7.45. The lowest BCUT2D eigenvalue weighted by Gasteiger charge is -2.15. The molecule has 0 aliphatic rings. The number of aryl methyl sites for hydroxylation is 2. The average Bonchev–Trinajstić information content (AvgIpc) is 2.44. The predicted molar refractivity (Wildman–Crippen MR) is 63.9 cm³/mol. The van der Waals surface area contributed by atoms with Gasteiger partial charge in [-0.3, -0.25) is 4.79 Å². The molecule has 0 aliphatic heterocycles. The highest BCUT2D eigenvalue weighted by molar-refractivity contribution is 5.75. The van der Waals surface area contributed by atoms with Crippen molar-refractivity contribution in [3.05, 3.63) is 5.69 Å². The first kappa shape index (κ1) is 12.4. The Bertz CT molecular complexity index is 385. The fourth-order valence-corrected chi connectivity index (χ4v) is 1.56. The lowest BCUT2D eigenvalue weighted by atomic mass is 10.2. The van der Waals surface area contributed by atoms with Crippen molar-refractivity contribution in [1.82, 2.24) is 9.78 Å². The van der Waals surface area contributed by atoms with Gasteiger partial charge in [0.25, 0.3) is 0 Å². The number of nitrogens with one attached hydrogen (secondary N) is 1. The average molecular weight is 225 g/mol. The standard InChI is InChI=1S/C10H19N5O/c1-4-15-10(9(12)7(3)14-15)13-6(2)5-8(11)16/h6,13H,4-5,12H2,1-3H3,(H2,11,16). The summed E-state index contributed by atoms with van der Waals surface area (Å²) in [6.45, 7) is 6.44. The van der Waals surface area contributed by atoms with Crippen molar-refractivity contribution in [1.29, 1.82) is 0 Å². The number of aromatic nitrogens is 2. The number of rotatable bonds is 5. The summed E-state index contributed by atoms with van der Waals surface area (Å²) < 4.78 is 1.78. The van der Waals surface area contributed by atoms with Crippen LogP contribution in [0.3, 0.4) is 0 Å². The number of primary amides is 1. The van der Waals surface area contributed by atoms with Crippen LogP contribution in [-0.4, -0.2) is 21.7 Å². The molecule has 0 aliphatic carbocycles. The van der Waals surface area contributed by atoms with Crippen LogP contribution in [0.15, 0.2) is 0 Å². The van der Waals surface area contributed by atoms with Crippen LogP contribution in [0.5, 0.6) is 0 Å². The van der Waals surface area contributed by atoms with E-state index in [1.54, 1.807) is 4.68 Å². The molecule has 1 aromatic rings. The Morgan fingerprint density at radius 3 is 2.75 bits per heavy atom. The molecular weight excluding hydrogens is 206 g/mol. The van der Waals surface area contributed by atoms with Crippen LogP contribution in [0.4, 0.5) is 11.5 Å². The number of nitrogen functional groups attached to an aromatic ring is 1. The molecule has 90 valence electrons. The number of anilines is 2. The molecule has 1 atom stereocenters. The van der Waals surface area contributed by atoms with Gasteiger partial charge in [0.2, 0.25) is 5.91 Å². The third-order valence-corrected chi connectivity index (χ3v) is 2.36. The molecule has 5 N–H and O–H groups in total. The van der Waals surface area contributed by atoms with Crippen molar-refractivity contribution in [2.24, 2.45) is 5.73 Å². The predicted octanol–water partition coefficient (Wildman–Crippen LogP) is 0.469. The van der Waals surface area contributed by atoms with Crippen molar-refractivity contribution in [2.45, 2.75) is 39.8 Å². The fourth-order valence-electron chi connectivity index (χ4n) is 1.56. The minimum atomic E-state index is -0.335. The molecule has 0 saturated carbocycles. The molecule has 0 aromatic carbocycles. The van der Waals surface area contributed by atoms with Gasteiger partial charge >= 0.3 is 0 Å². The van der Waals surface area contributed by atoms with Crippen LogP contribution in [0.25, 0.3) is 0 Å². The fraction of sp³-hybridized carbons (Fsp3) is 0.600. The Morgan fingerprint density at radius 2 is 2.25 bits per heavy atom. The Kier molecular flexibility index (Phi) is 3.76. The summed E-state index contributed by atoms with van der Waals surface area (Å²) in [4.78, 5) is 10.8. The van der Waals surface area contributed by atoms with Gasteiger partial charge in [-0.25, -0.2) is 4.68 Å². The maximum atomic E-state index is 10.8. The van der Waals surface area contributed by atoms with E-state index in [0.717, 1.165) is 18.1 Å². The summed E-state index contributed by atoms with van der Waals surface area (Å²) >= 11 is 0. The third-order valence-electron chi connectivity index (χ3n) is 2.36. The number of amides is 1. The van der Waals surface area contributed by atoms with Gasteiger partial charge in [0, 0.05) is 19.0 Å². The van der Waals surface area contributed by atoms with E-state index in [-0.39, 0.29) is 18.4 Å². The smallest absolute Gasteiger partial charge is 0.219 e. The molecule has 0 spiro atoms. The van der Waals surface area contributed by atoms with E-state index in [1.807, 2.05) is 20.8 Å². The highest BCUT2D eigenvalue weighted by Gasteiger charge is 2.14. The minimum absolute atomic E-state index is 0.0544. The number of nitrogens with two attached hydrogens (primary N) is 2. The second-order valence-electron chi connectivity index (χ2n) is 3.88. The molecule has 6 heteroatoms.